The zero-order valence-electron chi connectivity index (χ0n) is 59.5. The Morgan fingerprint density at radius 2 is 0.938 bits per heavy atom. The van der Waals surface area contributed by atoms with Gasteiger partial charge in [0.25, 0.3) is 12.9 Å². The van der Waals surface area contributed by atoms with E-state index in [4.69, 9.17) is 44.0 Å². The van der Waals surface area contributed by atoms with Crippen molar-refractivity contribution in [3.05, 3.63) is 0 Å². The van der Waals surface area contributed by atoms with Crippen molar-refractivity contribution < 1.29 is 115 Å². The molecule has 5 fully saturated rings. The number of piperidine rings is 4. The van der Waals surface area contributed by atoms with Gasteiger partial charge in [0.2, 0.25) is 17.7 Å². The number of carbonyl (C=O) groups is 13. The molecule has 12 atom stereocenters. The van der Waals surface area contributed by atoms with E-state index >= 15 is 0 Å². The second kappa shape index (κ2) is 43.6. The molecule has 9 N–H and O–H groups in total. The minimum atomic E-state index is -1.06. The lowest BCUT2D eigenvalue weighted by Gasteiger charge is -2.41. The number of hydrogen-bond acceptors (Lipinski definition) is 26. The molecule has 5 saturated heterocycles. The number of carboxylic acids is 1. The number of aliphatic carboxylic acids is 1. The zero-order chi connectivity index (χ0) is 74.0. The summed E-state index contributed by atoms with van der Waals surface area (Å²) in [6, 6.07) is -6.22. The van der Waals surface area contributed by atoms with Crippen molar-refractivity contribution >= 4 is 78.8 Å². The van der Waals surface area contributed by atoms with Crippen LogP contribution < -0.4 is 32.3 Å². The Morgan fingerprint density at radius 3 is 1.35 bits per heavy atom. The van der Waals surface area contributed by atoms with Gasteiger partial charge in [0, 0.05) is 25.2 Å². The first-order valence-electron chi connectivity index (χ1n) is 32.9. The fourth-order valence-electron chi connectivity index (χ4n) is 11.1. The number of likely N-dealkylation sites (tertiary alicyclic amines) is 2. The van der Waals surface area contributed by atoms with Crippen molar-refractivity contribution in [3.63, 3.8) is 0 Å². The number of nitrogens with two attached hydrogens (primary N) is 1. The van der Waals surface area contributed by atoms with E-state index in [0.29, 0.717) is 96.8 Å². The normalized spacial score (nSPS) is 23.2. The Bertz CT molecular complexity index is 2540. The monoisotopic (exact) mass is 1390 g/mol. The van der Waals surface area contributed by atoms with Gasteiger partial charge >= 0.3 is 48.1 Å². The maximum absolute atomic E-state index is 13.1. The number of aliphatic hydroxyl groups is 1. The summed E-state index contributed by atoms with van der Waals surface area (Å²) in [5.41, 5.74) is 3.79. The molecular weight excluding hydrogens is 1280 g/mol. The van der Waals surface area contributed by atoms with Crippen LogP contribution in [0.5, 0.6) is 0 Å². The highest BCUT2D eigenvalue weighted by molar-refractivity contribution is 5.92. The first-order valence-corrected chi connectivity index (χ1v) is 32.9. The molecule has 33 nitrogen and oxygen atoms in total. The third-order valence-electron chi connectivity index (χ3n) is 15.6. The Morgan fingerprint density at radius 1 is 0.546 bits per heavy atom. The van der Waals surface area contributed by atoms with Crippen molar-refractivity contribution in [3.8, 4) is 0 Å². The van der Waals surface area contributed by atoms with E-state index in [0.717, 1.165) is 32.1 Å². The third kappa shape index (κ3) is 31.2. The van der Waals surface area contributed by atoms with E-state index < -0.39 is 119 Å². The predicted octanol–water partition coefficient (Wildman–Crippen LogP) is 2.65. The molecule has 0 aromatic carbocycles. The highest BCUT2D eigenvalue weighted by Crippen LogP contribution is 2.29. The quantitative estimate of drug-likeness (QED) is 0.0493. The second-order valence-corrected chi connectivity index (χ2v) is 26.4. The fraction of sp³-hybridized carbons (Fsp3) is 0.797. The van der Waals surface area contributed by atoms with Crippen molar-refractivity contribution in [1.82, 2.24) is 41.3 Å². The van der Waals surface area contributed by atoms with Gasteiger partial charge in [-0.2, -0.15) is 0 Å². The van der Waals surface area contributed by atoms with Gasteiger partial charge in [0.05, 0.1) is 53.2 Å². The number of esters is 4. The highest BCUT2D eigenvalue weighted by Gasteiger charge is 2.45. The number of hydrogen-bond donors (Lipinski definition) is 8. The number of methoxy groups -OCH3 is 4. The number of amides is 6. The maximum atomic E-state index is 13.1. The van der Waals surface area contributed by atoms with Crippen LogP contribution in [-0.2, 0) is 90.6 Å². The Labute approximate surface area is 569 Å². The molecule has 0 aliphatic carbocycles. The largest absolute Gasteiger partial charge is 0.480 e. The molecule has 5 aliphatic rings. The zero-order valence-corrected chi connectivity index (χ0v) is 59.5. The Balaban J connectivity index is 0.000000622. The van der Waals surface area contributed by atoms with Crippen LogP contribution in [0.4, 0.5) is 14.4 Å². The molecule has 5 heterocycles. The summed E-state index contributed by atoms with van der Waals surface area (Å²) in [4.78, 5) is 156. The van der Waals surface area contributed by atoms with Gasteiger partial charge in [-0.25, -0.2) is 33.6 Å². The van der Waals surface area contributed by atoms with Crippen LogP contribution in [-0.4, -0.2) is 254 Å². The topological polar surface area (TPSA) is 441 Å². The molecule has 97 heavy (non-hydrogen) atoms. The number of rotatable bonds is 20. The molecule has 0 bridgehead atoms. The predicted molar refractivity (Wildman–Crippen MR) is 347 cm³/mol. The van der Waals surface area contributed by atoms with Crippen LogP contribution in [0.3, 0.4) is 0 Å². The van der Waals surface area contributed by atoms with Gasteiger partial charge in [-0.15, -0.1) is 0 Å². The summed E-state index contributed by atoms with van der Waals surface area (Å²) in [7, 11) is 5.25. The van der Waals surface area contributed by atoms with Crippen LogP contribution >= 0.6 is 0 Å². The molecule has 0 radical (unpaired) electrons. The lowest BCUT2D eigenvalue weighted by molar-refractivity contribution is -0.160. The molecule has 0 spiro atoms. The van der Waals surface area contributed by atoms with Crippen molar-refractivity contribution in [2.45, 2.75) is 269 Å². The summed E-state index contributed by atoms with van der Waals surface area (Å²) in [5, 5.41) is 31.9. The van der Waals surface area contributed by atoms with E-state index in [9.17, 15) is 67.4 Å². The summed E-state index contributed by atoms with van der Waals surface area (Å²) >= 11 is 0. The van der Waals surface area contributed by atoms with Gasteiger partial charge in [-0.05, 0) is 159 Å². The van der Waals surface area contributed by atoms with Gasteiger partial charge in [0.1, 0.15) is 72.3 Å². The minimum absolute atomic E-state index is 0.0222. The van der Waals surface area contributed by atoms with Gasteiger partial charge < -0.3 is 94.5 Å². The minimum Gasteiger partial charge on any atom is -0.480 e. The molecular formula is C64H111N9O24. The summed E-state index contributed by atoms with van der Waals surface area (Å²) in [5.74, 6) is -3.68. The summed E-state index contributed by atoms with van der Waals surface area (Å²) in [6.45, 7) is 22.6. The second-order valence-electron chi connectivity index (χ2n) is 26.4. The number of nitrogens with one attached hydrogen (secondary N) is 5. The average Bonchev–Trinajstić information content (AvgIpc) is 1.67. The van der Waals surface area contributed by atoms with Crippen molar-refractivity contribution in [2.24, 2.45) is 5.73 Å². The Kier molecular flexibility index (Phi) is 39.3. The highest BCUT2D eigenvalue weighted by atomic mass is 16.6. The van der Waals surface area contributed by atoms with E-state index in [1.54, 1.807) is 88.0 Å². The van der Waals surface area contributed by atoms with Crippen molar-refractivity contribution in [2.75, 3.05) is 61.3 Å². The molecule has 0 unspecified atom stereocenters. The first kappa shape index (κ1) is 87.4. The molecule has 0 aromatic heterocycles. The average molecular weight is 1390 g/mol. The molecule has 0 saturated carbocycles. The third-order valence-corrected chi connectivity index (χ3v) is 15.6. The van der Waals surface area contributed by atoms with E-state index in [1.165, 1.54) is 38.2 Å². The summed E-state index contributed by atoms with van der Waals surface area (Å²) < 4.78 is 43.8. The number of alkyl carbamates (subject to hydrolysis) is 3. The van der Waals surface area contributed by atoms with Gasteiger partial charge in [-0.3, -0.25) is 34.1 Å². The Hall–Kier alpha value is -7.65. The van der Waals surface area contributed by atoms with E-state index in [-0.39, 0.29) is 49.2 Å². The molecule has 33 heteroatoms. The number of carboxylic acid groups (broad SMARTS) is 1. The van der Waals surface area contributed by atoms with Crippen LogP contribution in [0, 0.1) is 0 Å². The smallest absolute Gasteiger partial charge is 0.408 e. The fourth-order valence-corrected chi connectivity index (χ4v) is 11.1. The van der Waals surface area contributed by atoms with E-state index in [2.05, 4.69) is 36.1 Å². The number of fused-ring (bicyclic) bond motifs is 1. The number of nitrogens with zero attached hydrogens (tertiary/aromatic N) is 3. The van der Waals surface area contributed by atoms with Crippen LogP contribution in [0.1, 0.15) is 179 Å². The first-order chi connectivity index (χ1) is 45.5. The van der Waals surface area contributed by atoms with Gasteiger partial charge in [0.15, 0.2) is 0 Å². The van der Waals surface area contributed by atoms with Crippen molar-refractivity contribution in [1.29, 1.82) is 0 Å². The number of ether oxygens (including phenoxy) is 9. The van der Waals surface area contributed by atoms with Crippen LogP contribution in [0.25, 0.3) is 0 Å². The SMILES string of the molecule is CC[C@H](NC(=O)OC(C)(C)C)C(=O)N1[C@@H](CO)CCC[C@H]1C(=O)OC.CC[C@H](NC(=O)OC(C)(C)C)C(=O)N1[C@@H](COC=O)CCC[C@H]1C(=O)OC.CC[C@H](NC(=O)OC(C)(C)C)C(=O)O.COC(=O)[C@@H]1CCC[C@@H]2CNC[C@H](N)C(=O)N21.COC(=O)[C@@H]1CCC[C@H](COC=O)N1. The number of aliphatic hydroxyl groups excluding tert-OH is 1. The maximum Gasteiger partial charge on any atom is 0.408 e. The molecule has 0 aromatic rings. The lowest BCUT2D eigenvalue weighted by atomic mass is 9.94. The molecule has 6 amide bonds. The molecule has 5 aliphatic heterocycles. The lowest BCUT2D eigenvalue weighted by Crippen LogP contribution is -2.60. The van der Waals surface area contributed by atoms with Crippen LogP contribution in [0.15, 0.2) is 0 Å². The summed E-state index contributed by atoms with van der Waals surface area (Å²) in [6.07, 6.45) is 7.51. The molecule has 556 valence electrons. The molecule has 5 rings (SSSR count). The van der Waals surface area contributed by atoms with Gasteiger partial charge in [-0.1, -0.05) is 20.8 Å². The van der Waals surface area contributed by atoms with E-state index in [1.807, 2.05) is 0 Å². The number of carbonyl (C=O) groups excluding carboxylic acids is 12. The standard InChI is InChI=1S/C18H30N2O7.C17H30N2O6.C11H19N3O3.C9H15NO4.C9H17NO4/c1-6-13(19-17(24)27-18(2,3)4)15(22)20-12(10-26-11-21)8-7-9-14(20)16(23)25-5;1-6-12(18-16(23)25-17(2,3)4)14(21)19-11(10-20)8-7-9-13(19)15(22)24-5;1-17-11(16)9-4-2-3-7-5-13-6-8(12)10(15)14(7)9;1-13-9(12)8-4-2-3-7(10-8)5-14-6-11;1-5-6(7(11)12)10-8(13)14-9(2,3)4/h11-14H,6-10H2,1-5H3,(H,19,24);11-13,20H,6-10H2,1-5H3,(H,18,23);7-9,13H,2-6,12H2,1H3;6-8,10H,2-5H2,1H3;6H,5H2,1-4H3,(H,10,13)(H,11,12)/t12-,13+,14+;11-,12+,13+;7-,8+,9+;7-,8+;6-/m11110/s1. The van der Waals surface area contributed by atoms with Crippen LogP contribution in [0.2, 0.25) is 0 Å².